The summed E-state index contributed by atoms with van der Waals surface area (Å²) in [7, 11) is -3.76. The Bertz CT molecular complexity index is 605. The fraction of sp³-hybridized carbons (Fsp3) is 0.462. The van der Waals surface area contributed by atoms with E-state index in [0.717, 1.165) is 18.2 Å². The number of rotatable bonds is 4. The first kappa shape index (κ1) is 14.9. The third kappa shape index (κ3) is 3.34. The first-order valence-corrected chi connectivity index (χ1v) is 7.89. The zero-order chi connectivity index (χ0) is 14.8. The number of carboxylic acids is 1. The normalized spacial score (nSPS) is 17.1. The zero-order valence-electron chi connectivity index (χ0n) is 10.7. The Morgan fingerprint density at radius 3 is 2.55 bits per heavy atom. The molecule has 0 aromatic heterocycles. The molecule has 0 saturated carbocycles. The summed E-state index contributed by atoms with van der Waals surface area (Å²) >= 11 is 0. The number of ether oxygens (including phenoxy) is 1. The number of carbonyl (C=O) groups is 1. The van der Waals surface area contributed by atoms with Crippen LogP contribution in [0.5, 0.6) is 0 Å². The topological polar surface area (TPSA) is 80.7 Å². The quantitative estimate of drug-likeness (QED) is 0.916. The van der Waals surface area contributed by atoms with Gasteiger partial charge in [0.1, 0.15) is 10.7 Å². The van der Waals surface area contributed by atoms with Crippen molar-refractivity contribution in [3.63, 3.8) is 0 Å². The highest BCUT2D eigenvalue weighted by Gasteiger charge is 2.26. The number of benzene rings is 1. The van der Waals surface area contributed by atoms with Gasteiger partial charge in [-0.1, -0.05) is 0 Å². The maximum atomic E-state index is 13.8. The predicted octanol–water partition coefficient (Wildman–Crippen LogP) is 1.72. The lowest BCUT2D eigenvalue weighted by molar-refractivity contribution is 0.0695. The molecule has 2 rings (SSSR count). The van der Waals surface area contributed by atoms with Crippen molar-refractivity contribution in [3.8, 4) is 0 Å². The molecular formula is C13H15FO5S. The van der Waals surface area contributed by atoms with Gasteiger partial charge in [-0.3, -0.25) is 0 Å². The molecule has 7 heteroatoms. The van der Waals surface area contributed by atoms with Crippen molar-refractivity contribution < 1.29 is 27.4 Å². The van der Waals surface area contributed by atoms with E-state index in [9.17, 15) is 17.6 Å². The molecule has 0 radical (unpaired) electrons. The van der Waals surface area contributed by atoms with Crippen LogP contribution in [0, 0.1) is 11.7 Å². The number of hydrogen-bond donors (Lipinski definition) is 1. The molecule has 1 aromatic carbocycles. The zero-order valence-corrected chi connectivity index (χ0v) is 11.5. The molecule has 1 aliphatic heterocycles. The molecule has 0 atom stereocenters. The molecule has 0 spiro atoms. The van der Waals surface area contributed by atoms with Crippen LogP contribution >= 0.6 is 0 Å². The van der Waals surface area contributed by atoms with Gasteiger partial charge in [0, 0.05) is 13.2 Å². The van der Waals surface area contributed by atoms with Gasteiger partial charge in [-0.15, -0.1) is 0 Å². The van der Waals surface area contributed by atoms with Gasteiger partial charge >= 0.3 is 5.97 Å². The van der Waals surface area contributed by atoms with Gasteiger partial charge in [0.15, 0.2) is 9.84 Å². The third-order valence-electron chi connectivity index (χ3n) is 3.31. The predicted molar refractivity (Wildman–Crippen MR) is 69.0 cm³/mol. The van der Waals surface area contributed by atoms with E-state index in [4.69, 9.17) is 9.84 Å². The smallest absolute Gasteiger partial charge is 0.335 e. The van der Waals surface area contributed by atoms with Crippen LogP contribution in [0.15, 0.2) is 23.1 Å². The van der Waals surface area contributed by atoms with Crippen molar-refractivity contribution in [3.05, 3.63) is 29.6 Å². The van der Waals surface area contributed by atoms with Gasteiger partial charge in [0.25, 0.3) is 0 Å². The van der Waals surface area contributed by atoms with E-state index in [0.29, 0.717) is 26.1 Å². The number of halogens is 1. The van der Waals surface area contributed by atoms with Crippen molar-refractivity contribution in [2.45, 2.75) is 17.7 Å². The Morgan fingerprint density at radius 1 is 1.35 bits per heavy atom. The molecule has 1 heterocycles. The van der Waals surface area contributed by atoms with Gasteiger partial charge in [0.2, 0.25) is 0 Å². The van der Waals surface area contributed by atoms with E-state index in [2.05, 4.69) is 0 Å². The summed E-state index contributed by atoms with van der Waals surface area (Å²) in [6, 6.07) is 2.86. The average Bonchev–Trinajstić information content (AvgIpc) is 2.38. The van der Waals surface area contributed by atoms with Gasteiger partial charge in [0.05, 0.1) is 11.3 Å². The molecular weight excluding hydrogens is 287 g/mol. The third-order valence-corrected chi connectivity index (χ3v) is 5.22. The summed E-state index contributed by atoms with van der Waals surface area (Å²) in [6.07, 6.45) is 1.27. The van der Waals surface area contributed by atoms with E-state index < -0.39 is 26.5 Å². The molecule has 1 fully saturated rings. The molecule has 5 nitrogen and oxygen atoms in total. The lowest BCUT2D eigenvalue weighted by atomic mass is 10.0. The van der Waals surface area contributed by atoms with Crippen molar-refractivity contribution in [1.82, 2.24) is 0 Å². The molecule has 1 aliphatic rings. The molecule has 1 N–H and O–H groups in total. The molecule has 0 unspecified atom stereocenters. The highest BCUT2D eigenvalue weighted by molar-refractivity contribution is 7.91. The monoisotopic (exact) mass is 302 g/mol. The van der Waals surface area contributed by atoms with Crippen molar-refractivity contribution in [2.24, 2.45) is 5.92 Å². The van der Waals surface area contributed by atoms with Crippen LogP contribution in [0.25, 0.3) is 0 Å². The van der Waals surface area contributed by atoms with E-state index in [1.807, 2.05) is 0 Å². The first-order valence-electron chi connectivity index (χ1n) is 6.23. The largest absolute Gasteiger partial charge is 0.478 e. The van der Waals surface area contributed by atoms with Crippen molar-refractivity contribution in [1.29, 1.82) is 0 Å². The van der Waals surface area contributed by atoms with Gasteiger partial charge in [-0.25, -0.2) is 17.6 Å². The lowest BCUT2D eigenvalue weighted by Crippen LogP contribution is -2.24. The summed E-state index contributed by atoms with van der Waals surface area (Å²) in [5.74, 6) is -2.50. The Balaban J connectivity index is 2.22. The average molecular weight is 302 g/mol. The van der Waals surface area contributed by atoms with Crippen molar-refractivity contribution >= 4 is 15.8 Å². The first-order chi connectivity index (χ1) is 9.40. The van der Waals surface area contributed by atoms with Crippen LogP contribution in [0.1, 0.15) is 23.2 Å². The second-order valence-electron chi connectivity index (χ2n) is 4.79. The molecule has 20 heavy (non-hydrogen) atoms. The number of sulfone groups is 1. The Kier molecular flexibility index (Phi) is 4.39. The van der Waals surface area contributed by atoms with Crippen LogP contribution in [-0.4, -0.2) is 38.5 Å². The highest BCUT2D eigenvalue weighted by Crippen LogP contribution is 2.23. The summed E-state index contributed by atoms with van der Waals surface area (Å²) in [5, 5.41) is 8.73. The standard InChI is InChI=1S/C13H15FO5S/c14-11-7-10(13(15)16)1-2-12(11)20(17,18)8-9-3-5-19-6-4-9/h1-2,7,9H,3-6,8H2,(H,15,16). The Labute approximate surface area is 116 Å². The summed E-state index contributed by atoms with van der Waals surface area (Å²) < 4.78 is 43.3. The Morgan fingerprint density at radius 2 is 2.00 bits per heavy atom. The fourth-order valence-corrected chi connectivity index (χ4v) is 3.96. The van der Waals surface area contributed by atoms with Gasteiger partial charge < -0.3 is 9.84 Å². The molecule has 1 saturated heterocycles. The van der Waals surface area contributed by atoms with Crippen LogP contribution < -0.4 is 0 Å². The summed E-state index contributed by atoms with van der Waals surface area (Å²) in [6.45, 7) is 1.03. The van der Waals surface area contributed by atoms with Crippen LogP contribution in [0.4, 0.5) is 4.39 Å². The summed E-state index contributed by atoms with van der Waals surface area (Å²) in [5.41, 5.74) is -0.271. The van der Waals surface area contributed by atoms with Crippen molar-refractivity contribution in [2.75, 3.05) is 19.0 Å². The highest BCUT2D eigenvalue weighted by atomic mass is 32.2. The number of hydrogen-bond acceptors (Lipinski definition) is 4. The van der Waals surface area contributed by atoms with E-state index in [-0.39, 0.29) is 17.2 Å². The lowest BCUT2D eigenvalue weighted by Gasteiger charge is -2.21. The van der Waals surface area contributed by atoms with Gasteiger partial charge in [-0.05, 0) is 37.0 Å². The summed E-state index contributed by atoms with van der Waals surface area (Å²) in [4.78, 5) is 10.3. The number of aromatic carboxylic acids is 1. The minimum absolute atomic E-state index is 0.0488. The van der Waals surface area contributed by atoms with Gasteiger partial charge in [-0.2, -0.15) is 0 Å². The van der Waals surface area contributed by atoms with E-state index in [1.54, 1.807) is 0 Å². The second-order valence-corrected chi connectivity index (χ2v) is 6.79. The maximum Gasteiger partial charge on any atom is 0.335 e. The SMILES string of the molecule is O=C(O)c1ccc(S(=O)(=O)CC2CCOCC2)c(F)c1. The molecule has 0 bridgehead atoms. The minimum Gasteiger partial charge on any atom is -0.478 e. The van der Waals surface area contributed by atoms with E-state index in [1.165, 1.54) is 0 Å². The molecule has 110 valence electrons. The van der Waals surface area contributed by atoms with Crippen LogP contribution in [0.2, 0.25) is 0 Å². The minimum atomic E-state index is -3.76. The molecule has 0 amide bonds. The second kappa shape index (κ2) is 5.88. The maximum absolute atomic E-state index is 13.8. The van der Waals surface area contributed by atoms with E-state index >= 15 is 0 Å². The van der Waals surface area contributed by atoms with Crippen LogP contribution in [0.3, 0.4) is 0 Å². The fourth-order valence-electron chi connectivity index (χ4n) is 2.20. The Hall–Kier alpha value is -1.47. The number of carboxylic acid groups (broad SMARTS) is 1. The molecule has 0 aliphatic carbocycles. The molecule has 1 aromatic rings. The van der Waals surface area contributed by atoms with Crippen LogP contribution in [-0.2, 0) is 14.6 Å².